The highest BCUT2D eigenvalue weighted by atomic mass is 32.2. The van der Waals surface area contributed by atoms with Crippen molar-refractivity contribution in [2.24, 2.45) is 10.3 Å². The molecule has 0 unspecified atom stereocenters. The van der Waals surface area contributed by atoms with E-state index in [1.807, 2.05) is 4.90 Å². The molecule has 2 aliphatic rings. The number of piperidine rings is 1. The van der Waals surface area contributed by atoms with E-state index in [1.165, 1.54) is 31.4 Å². The molecule has 0 amide bonds. The van der Waals surface area contributed by atoms with E-state index < -0.39 is 27.7 Å². The van der Waals surface area contributed by atoms with Crippen LogP contribution in [0.15, 0.2) is 51.8 Å². The summed E-state index contributed by atoms with van der Waals surface area (Å²) in [4.78, 5) is 14.7. The number of likely N-dealkylation sites (tertiary alicyclic amines) is 1. The van der Waals surface area contributed by atoms with Crippen LogP contribution in [0.4, 0.5) is 4.39 Å². The summed E-state index contributed by atoms with van der Waals surface area (Å²) in [6.07, 6.45) is 1.32. The first-order chi connectivity index (χ1) is 14.4. The largest absolute Gasteiger partial charge is 0.496 e. The van der Waals surface area contributed by atoms with Crippen LogP contribution in [0.25, 0.3) is 0 Å². The third-order valence-corrected chi connectivity index (χ3v) is 6.60. The van der Waals surface area contributed by atoms with Crippen LogP contribution in [0.3, 0.4) is 0 Å². The molecule has 2 aromatic rings. The fourth-order valence-electron chi connectivity index (χ4n) is 3.81. The first-order valence-electron chi connectivity index (χ1n) is 9.57. The van der Waals surface area contributed by atoms with Crippen molar-refractivity contribution in [1.82, 2.24) is 4.90 Å². The Morgan fingerprint density at radius 1 is 1.27 bits per heavy atom. The summed E-state index contributed by atoms with van der Waals surface area (Å²) in [5, 5.41) is 0. The smallest absolute Gasteiger partial charge is 0.311 e. The van der Waals surface area contributed by atoms with Gasteiger partial charge in [-0.3, -0.25) is 4.79 Å². The summed E-state index contributed by atoms with van der Waals surface area (Å²) >= 11 is 0. The average molecular weight is 432 g/mol. The van der Waals surface area contributed by atoms with Crippen LogP contribution in [0.2, 0.25) is 0 Å². The highest BCUT2D eigenvalue weighted by Crippen LogP contribution is 2.30. The molecule has 9 heteroatoms. The van der Waals surface area contributed by atoms with Gasteiger partial charge in [0.05, 0.1) is 13.0 Å². The fourth-order valence-corrected chi connectivity index (χ4v) is 5.03. The maximum Gasteiger partial charge on any atom is 0.311 e. The first-order valence-corrected chi connectivity index (χ1v) is 11.0. The molecular weight excluding hydrogens is 411 g/mol. The predicted molar refractivity (Wildman–Crippen MR) is 107 cm³/mol. The molecule has 0 N–H and O–H groups in total. The van der Waals surface area contributed by atoms with E-state index in [-0.39, 0.29) is 11.5 Å². The zero-order chi connectivity index (χ0) is 21.3. The molecule has 2 aliphatic heterocycles. The third-order valence-electron chi connectivity index (χ3n) is 5.28. The number of nitrogens with zero attached hydrogens (tertiary/aromatic N) is 2. The minimum atomic E-state index is -3.72. The Bertz CT molecular complexity index is 1120. The molecule has 0 aromatic heterocycles. The first kappa shape index (κ1) is 20.3. The Kier molecular flexibility index (Phi) is 5.46. The molecule has 7 nitrogen and oxygen atoms in total. The molecular formula is C21H21FN2O5S. The van der Waals surface area contributed by atoms with E-state index >= 15 is 0 Å². The molecule has 2 heterocycles. The molecule has 0 bridgehead atoms. The molecule has 1 atom stereocenters. The summed E-state index contributed by atoms with van der Waals surface area (Å²) in [5.74, 6) is -0.478. The van der Waals surface area contributed by atoms with E-state index in [4.69, 9.17) is 9.47 Å². The van der Waals surface area contributed by atoms with Gasteiger partial charge in [0.2, 0.25) is 0 Å². The van der Waals surface area contributed by atoms with Gasteiger partial charge in [0.1, 0.15) is 23.1 Å². The normalized spacial score (nSPS) is 19.7. The van der Waals surface area contributed by atoms with Gasteiger partial charge in [-0.15, -0.1) is 4.40 Å². The van der Waals surface area contributed by atoms with Gasteiger partial charge in [0, 0.05) is 24.2 Å². The average Bonchev–Trinajstić information content (AvgIpc) is 3.03. The number of rotatable bonds is 4. The van der Waals surface area contributed by atoms with Crippen molar-refractivity contribution in [3.63, 3.8) is 0 Å². The lowest BCUT2D eigenvalue weighted by atomic mass is 9.97. The molecule has 1 saturated heterocycles. The predicted octanol–water partition coefficient (Wildman–Crippen LogP) is 2.74. The molecule has 2 aromatic carbocycles. The number of halogens is 1. The number of carbonyl (C=O) groups excluding carboxylic acids is 1. The Labute approximate surface area is 174 Å². The van der Waals surface area contributed by atoms with Gasteiger partial charge in [-0.1, -0.05) is 12.1 Å². The number of ether oxygens (including phenoxy) is 2. The fraction of sp³-hybridized carbons (Fsp3) is 0.333. The van der Waals surface area contributed by atoms with E-state index in [0.717, 1.165) is 0 Å². The second-order valence-electron chi connectivity index (χ2n) is 7.24. The Hall–Kier alpha value is -2.94. The molecule has 158 valence electrons. The minimum absolute atomic E-state index is 0.103. The highest BCUT2D eigenvalue weighted by Gasteiger charge is 2.35. The number of esters is 1. The van der Waals surface area contributed by atoms with Crippen molar-refractivity contribution in [3.05, 3.63) is 59.4 Å². The van der Waals surface area contributed by atoms with Gasteiger partial charge in [0.25, 0.3) is 10.0 Å². The van der Waals surface area contributed by atoms with Crippen LogP contribution in [0.5, 0.6) is 5.75 Å². The summed E-state index contributed by atoms with van der Waals surface area (Å²) < 4.78 is 52.7. The van der Waals surface area contributed by atoms with Crippen LogP contribution in [-0.2, 0) is 26.2 Å². The van der Waals surface area contributed by atoms with Crippen LogP contribution >= 0.6 is 0 Å². The highest BCUT2D eigenvalue weighted by molar-refractivity contribution is 7.90. The monoisotopic (exact) mass is 432 g/mol. The topological polar surface area (TPSA) is 85.3 Å². The SMILES string of the molecule is COc1ccc(F)cc1COC(=O)[C@@H]1CCCN(C2=NS(=O)(=O)c3ccccc32)C1. The number of fused-ring (bicyclic) bond motifs is 1. The van der Waals surface area contributed by atoms with Crippen molar-refractivity contribution in [2.75, 3.05) is 20.2 Å². The van der Waals surface area contributed by atoms with E-state index in [9.17, 15) is 17.6 Å². The van der Waals surface area contributed by atoms with Gasteiger partial charge in [0.15, 0.2) is 5.84 Å². The zero-order valence-electron chi connectivity index (χ0n) is 16.4. The maximum absolute atomic E-state index is 13.5. The van der Waals surface area contributed by atoms with E-state index in [2.05, 4.69) is 4.40 Å². The number of hydrogen-bond acceptors (Lipinski definition) is 6. The van der Waals surface area contributed by atoms with Gasteiger partial charge in [-0.25, -0.2) is 4.39 Å². The Morgan fingerprint density at radius 2 is 2.07 bits per heavy atom. The summed E-state index contributed by atoms with van der Waals surface area (Å²) in [6.45, 7) is 0.806. The number of amidine groups is 1. The molecule has 4 rings (SSSR count). The van der Waals surface area contributed by atoms with E-state index in [0.29, 0.717) is 48.6 Å². The number of hydrogen-bond donors (Lipinski definition) is 0. The van der Waals surface area contributed by atoms with Gasteiger partial charge in [-0.05, 0) is 43.2 Å². The van der Waals surface area contributed by atoms with Crippen molar-refractivity contribution in [2.45, 2.75) is 24.3 Å². The van der Waals surface area contributed by atoms with Crippen LogP contribution in [0, 0.1) is 11.7 Å². The molecule has 30 heavy (non-hydrogen) atoms. The van der Waals surface area contributed by atoms with Gasteiger partial charge in [-0.2, -0.15) is 8.42 Å². The van der Waals surface area contributed by atoms with Crippen molar-refractivity contribution >= 4 is 21.8 Å². The Morgan fingerprint density at radius 3 is 2.87 bits per heavy atom. The minimum Gasteiger partial charge on any atom is -0.496 e. The van der Waals surface area contributed by atoms with Crippen LogP contribution in [0.1, 0.15) is 24.0 Å². The summed E-state index contributed by atoms with van der Waals surface area (Å²) in [5.41, 5.74) is 0.995. The standard InChI is InChI=1S/C21H21FN2O5S/c1-28-18-9-8-16(22)11-15(18)13-29-21(25)14-5-4-10-24(12-14)20-17-6-2-3-7-19(17)30(26,27)23-20/h2-3,6-9,11,14H,4-5,10,12-13H2,1H3/t14-/m1/s1. The molecule has 0 spiro atoms. The second kappa shape index (κ2) is 8.06. The molecule has 0 aliphatic carbocycles. The third kappa shape index (κ3) is 3.89. The molecule has 0 saturated carbocycles. The van der Waals surface area contributed by atoms with Crippen LogP contribution in [-0.4, -0.2) is 45.3 Å². The molecule has 1 fully saturated rings. The van der Waals surface area contributed by atoms with Crippen molar-refractivity contribution in [1.29, 1.82) is 0 Å². The maximum atomic E-state index is 13.5. The lowest BCUT2D eigenvalue weighted by Crippen LogP contribution is -2.42. The van der Waals surface area contributed by atoms with Gasteiger partial charge >= 0.3 is 5.97 Å². The van der Waals surface area contributed by atoms with Crippen LogP contribution < -0.4 is 4.74 Å². The number of methoxy groups -OCH3 is 1. The lowest BCUT2D eigenvalue weighted by Gasteiger charge is -2.33. The number of sulfonamides is 1. The zero-order valence-corrected chi connectivity index (χ0v) is 17.2. The number of carbonyl (C=O) groups is 1. The molecule has 0 radical (unpaired) electrons. The summed E-state index contributed by atoms with van der Waals surface area (Å²) in [6, 6.07) is 10.7. The quantitative estimate of drug-likeness (QED) is 0.691. The van der Waals surface area contributed by atoms with Crippen molar-refractivity contribution < 1.29 is 27.1 Å². The Balaban J connectivity index is 1.46. The van der Waals surface area contributed by atoms with Crippen molar-refractivity contribution in [3.8, 4) is 5.75 Å². The second-order valence-corrected chi connectivity index (χ2v) is 8.81. The lowest BCUT2D eigenvalue weighted by molar-refractivity contribution is -0.151. The summed E-state index contributed by atoms with van der Waals surface area (Å²) in [7, 11) is -2.26. The number of benzene rings is 2. The van der Waals surface area contributed by atoms with E-state index in [1.54, 1.807) is 18.2 Å². The van der Waals surface area contributed by atoms with Gasteiger partial charge < -0.3 is 14.4 Å².